The van der Waals surface area contributed by atoms with Crippen molar-refractivity contribution in [2.75, 3.05) is 18.2 Å². The predicted octanol–water partition coefficient (Wildman–Crippen LogP) is 3.70. The summed E-state index contributed by atoms with van der Waals surface area (Å²) in [5, 5.41) is 23.4. The van der Waals surface area contributed by atoms with Crippen LogP contribution in [-0.2, 0) is 16.1 Å². The molecule has 2 aromatic rings. The SMILES string of the molecule is COCc1cc(C)nc(SCC(=O)Nc2cc([N+](=O)[O-])ccc2Cl)c1C#N. The summed E-state index contributed by atoms with van der Waals surface area (Å²) in [6.07, 6.45) is 0. The molecule has 140 valence electrons. The molecule has 0 atom stereocenters. The highest BCUT2D eigenvalue weighted by atomic mass is 35.5. The van der Waals surface area contributed by atoms with Crippen LogP contribution in [0.2, 0.25) is 5.02 Å². The Hall–Kier alpha value is -2.67. The molecule has 1 heterocycles. The van der Waals surface area contributed by atoms with Crippen molar-refractivity contribution >= 4 is 40.6 Å². The van der Waals surface area contributed by atoms with Crippen molar-refractivity contribution in [3.63, 3.8) is 0 Å². The second-order valence-electron chi connectivity index (χ2n) is 5.41. The van der Waals surface area contributed by atoms with Gasteiger partial charge in [-0.05, 0) is 24.6 Å². The largest absolute Gasteiger partial charge is 0.380 e. The number of carbonyl (C=O) groups is 1. The molecule has 0 bridgehead atoms. The number of amides is 1. The number of aromatic nitrogens is 1. The zero-order valence-electron chi connectivity index (χ0n) is 14.5. The van der Waals surface area contributed by atoms with Crippen LogP contribution < -0.4 is 5.32 Å². The lowest BCUT2D eigenvalue weighted by molar-refractivity contribution is -0.384. The minimum Gasteiger partial charge on any atom is -0.380 e. The number of nitrogens with zero attached hydrogens (tertiary/aromatic N) is 3. The van der Waals surface area contributed by atoms with E-state index in [0.717, 1.165) is 11.8 Å². The second-order valence-corrected chi connectivity index (χ2v) is 6.78. The summed E-state index contributed by atoms with van der Waals surface area (Å²) in [5.74, 6) is -0.473. The molecule has 2 rings (SSSR count). The number of non-ortho nitro benzene ring substituents is 1. The third kappa shape index (κ3) is 5.40. The van der Waals surface area contributed by atoms with E-state index in [1.807, 2.05) is 0 Å². The number of aryl methyl sites for hydroxylation is 1. The van der Waals surface area contributed by atoms with E-state index in [1.54, 1.807) is 13.0 Å². The van der Waals surface area contributed by atoms with Gasteiger partial charge in [-0.2, -0.15) is 5.26 Å². The number of nitrogens with one attached hydrogen (secondary N) is 1. The summed E-state index contributed by atoms with van der Waals surface area (Å²) in [6.45, 7) is 2.04. The number of methoxy groups -OCH3 is 1. The quantitative estimate of drug-likeness (QED) is 0.423. The Kier molecular flexibility index (Phi) is 7.12. The number of rotatable bonds is 7. The highest BCUT2D eigenvalue weighted by Gasteiger charge is 2.16. The van der Waals surface area contributed by atoms with Crippen LogP contribution in [0.3, 0.4) is 0 Å². The predicted molar refractivity (Wildman–Crippen MR) is 102 cm³/mol. The summed E-state index contributed by atoms with van der Waals surface area (Å²) in [5.41, 5.74) is 1.71. The van der Waals surface area contributed by atoms with E-state index in [4.69, 9.17) is 16.3 Å². The maximum atomic E-state index is 12.2. The summed E-state index contributed by atoms with van der Waals surface area (Å²) in [4.78, 5) is 26.8. The first-order valence-electron chi connectivity index (χ1n) is 7.61. The Morgan fingerprint density at radius 2 is 2.22 bits per heavy atom. The van der Waals surface area contributed by atoms with E-state index in [-0.39, 0.29) is 28.8 Å². The first kappa shape index (κ1) is 20.6. The van der Waals surface area contributed by atoms with Gasteiger partial charge in [0.1, 0.15) is 11.1 Å². The van der Waals surface area contributed by atoms with Gasteiger partial charge in [-0.15, -0.1) is 0 Å². The summed E-state index contributed by atoms with van der Waals surface area (Å²) in [6, 6.07) is 7.63. The number of anilines is 1. The lowest BCUT2D eigenvalue weighted by atomic mass is 10.1. The standard InChI is InChI=1S/C17H15ClN4O4S/c1-10-5-11(8-26-2)13(7-19)17(20-10)27-9-16(23)21-15-6-12(22(24)25)3-4-14(15)18/h3-6H,8-9H2,1-2H3,(H,21,23). The van der Waals surface area contributed by atoms with E-state index in [9.17, 15) is 20.2 Å². The molecule has 0 unspecified atom stereocenters. The minimum absolute atomic E-state index is 0.0451. The van der Waals surface area contributed by atoms with Crippen molar-refractivity contribution in [3.05, 3.63) is 56.2 Å². The molecule has 1 aromatic heterocycles. The maximum absolute atomic E-state index is 12.2. The fourth-order valence-corrected chi connectivity index (χ4v) is 3.28. The lowest BCUT2D eigenvalue weighted by Gasteiger charge is -2.10. The van der Waals surface area contributed by atoms with Gasteiger partial charge in [-0.3, -0.25) is 14.9 Å². The summed E-state index contributed by atoms with van der Waals surface area (Å²) < 4.78 is 5.09. The van der Waals surface area contributed by atoms with Gasteiger partial charge in [0.15, 0.2) is 0 Å². The van der Waals surface area contributed by atoms with Gasteiger partial charge in [0.2, 0.25) is 5.91 Å². The maximum Gasteiger partial charge on any atom is 0.271 e. The topological polar surface area (TPSA) is 118 Å². The van der Waals surface area contributed by atoms with Crippen LogP contribution in [0.4, 0.5) is 11.4 Å². The van der Waals surface area contributed by atoms with Crippen LogP contribution in [-0.4, -0.2) is 28.7 Å². The average Bonchev–Trinajstić information content (AvgIpc) is 2.61. The molecule has 0 saturated carbocycles. The average molecular weight is 407 g/mol. The number of nitro benzene ring substituents is 1. The Labute approximate surface area is 164 Å². The number of nitriles is 1. The molecule has 1 N–H and O–H groups in total. The third-order valence-corrected chi connectivity index (χ3v) is 4.69. The first-order chi connectivity index (χ1) is 12.8. The number of halogens is 1. The van der Waals surface area contributed by atoms with Crippen molar-refractivity contribution in [2.45, 2.75) is 18.6 Å². The van der Waals surface area contributed by atoms with Gasteiger partial charge < -0.3 is 10.1 Å². The van der Waals surface area contributed by atoms with E-state index in [2.05, 4.69) is 16.4 Å². The van der Waals surface area contributed by atoms with Gasteiger partial charge in [0, 0.05) is 24.9 Å². The molecule has 0 fully saturated rings. The molecule has 27 heavy (non-hydrogen) atoms. The fraction of sp³-hybridized carbons (Fsp3) is 0.235. The van der Waals surface area contributed by atoms with Crippen LogP contribution >= 0.6 is 23.4 Å². The molecule has 10 heteroatoms. The Morgan fingerprint density at radius 1 is 1.48 bits per heavy atom. The molecule has 0 radical (unpaired) electrons. The van der Waals surface area contributed by atoms with E-state index >= 15 is 0 Å². The number of nitro groups is 1. The third-order valence-electron chi connectivity index (χ3n) is 3.38. The van der Waals surface area contributed by atoms with Crippen molar-refractivity contribution < 1.29 is 14.5 Å². The summed E-state index contributed by atoms with van der Waals surface area (Å²) >= 11 is 7.06. The van der Waals surface area contributed by atoms with Crippen LogP contribution in [0, 0.1) is 28.4 Å². The van der Waals surface area contributed by atoms with Gasteiger partial charge in [0.25, 0.3) is 5.69 Å². The zero-order chi connectivity index (χ0) is 20.0. The fourth-order valence-electron chi connectivity index (χ4n) is 2.25. The minimum atomic E-state index is -0.575. The number of hydrogen-bond acceptors (Lipinski definition) is 7. The molecule has 0 saturated heterocycles. The molecule has 0 aliphatic carbocycles. The van der Waals surface area contributed by atoms with E-state index in [0.29, 0.717) is 21.8 Å². The van der Waals surface area contributed by atoms with Crippen molar-refractivity contribution in [1.29, 1.82) is 5.26 Å². The zero-order valence-corrected chi connectivity index (χ0v) is 16.1. The Morgan fingerprint density at radius 3 is 2.85 bits per heavy atom. The highest BCUT2D eigenvalue weighted by molar-refractivity contribution is 8.00. The molecule has 0 aliphatic rings. The molecule has 1 amide bonds. The van der Waals surface area contributed by atoms with Crippen LogP contribution in [0.15, 0.2) is 29.3 Å². The van der Waals surface area contributed by atoms with Crippen molar-refractivity contribution in [1.82, 2.24) is 4.98 Å². The molecule has 0 spiro atoms. The lowest BCUT2D eigenvalue weighted by Crippen LogP contribution is -2.15. The smallest absolute Gasteiger partial charge is 0.271 e. The molecular formula is C17H15ClN4O4S. The number of hydrogen-bond donors (Lipinski definition) is 1. The Bertz CT molecular complexity index is 930. The molecule has 0 aliphatic heterocycles. The number of carbonyl (C=O) groups excluding carboxylic acids is 1. The first-order valence-corrected chi connectivity index (χ1v) is 8.98. The molecule has 1 aromatic carbocycles. The van der Waals surface area contributed by atoms with Gasteiger partial charge in [-0.25, -0.2) is 4.98 Å². The van der Waals surface area contributed by atoms with E-state index < -0.39 is 10.8 Å². The molecule has 8 nitrogen and oxygen atoms in total. The van der Waals surface area contributed by atoms with Crippen LogP contribution in [0.5, 0.6) is 0 Å². The Balaban J connectivity index is 2.14. The highest BCUT2D eigenvalue weighted by Crippen LogP contribution is 2.28. The van der Waals surface area contributed by atoms with Crippen molar-refractivity contribution in [2.24, 2.45) is 0 Å². The van der Waals surface area contributed by atoms with Crippen molar-refractivity contribution in [3.8, 4) is 6.07 Å². The van der Waals surface area contributed by atoms with E-state index in [1.165, 1.54) is 25.3 Å². The van der Waals surface area contributed by atoms with Gasteiger partial charge in [-0.1, -0.05) is 23.4 Å². The second kappa shape index (κ2) is 9.32. The number of benzene rings is 1. The van der Waals surface area contributed by atoms with Crippen LogP contribution in [0.25, 0.3) is 0 Å². The van der Waals surface area contributed by atoms with Gasteiger partial charge >= 0.3 is 0 Å². The normalized spacial score (nSPS) is 10.3. The van der Waals surface area contributed by atoms with Crippen LogP contribution in [0.1, 0.15) is 16.8 Å². The number of ether oxygens (including phenoxy) is 1. The number of thioether (sulfide) groups is 1. The monoisotopic (exact) mass is 406 g/mol. The number of pyridine rings is 1. The van der Waals surface area contributed by atoms with Gasteiger partial charge in [0.05, 0.1) is 33.6 Å². The molecular weight excluding hydrogens is 392 g/mol. The summed E-state index contributed by atoms with van der Waals surface area (Å²) in [7, 11) is 1.53.